The van der Waals surface area contributed by atoms with E-state index in [-0.39, 0.29) is 16.0 Å². The second-order valence-corrected chi connectivity index (χ2v) is 11.8. The van der Waals surface area contributed by atoms with E-state index in [4.69, 9.17) is 32.7 Å². The summed E-state index contributed by atoms with van der Waals surface area (Å²) in [5.74, 6) is 2.02. The average Bonchev–Trinajstić information content (AvgIpc) is 3.10. The lowest BCUT2D eigenvalue weighted by Gasteiger charge is -2.34. The molecule has 0 bridgehead atoms. The summed E-state index contributed by atoms with van der Waals surface area (Å²) in [6.45, 7) is 12.2. The molecule has 0 unspecified atom stereocenters. The first-order chi connectivity index (χ1) is 23.2. The van der Waals surface area contributed by atoms with Crippen molar-refractivity contribution in [2.24, 2.45) is 0 Å². The smallest absolute Gasteiger partial charge is 0.247 e. The van der Waals surface area contributed by atoms with Crippen molar-refractivity contribution in [3.8, 4) is 11.5 Å². The number of carbonyl (C=O) groups excluding carboxylic acids is 1. The van der Waals surface area contributed by atoms with Crippen molar-refractivity contribution >= 4 is 63.5 Å². The summed E-state index contributed by atoms with van der Waals surface area (Å²) in [4.78, 5) is 27.4. The van der Waals surface area contributed by atoms with Crippen LogP contribution in [0.25, 0.3) is 0 Å². The predicted molar refractivity (Wildman–Crippen MR) is 195 cm³/mol. The molecule has 0 saturated carbocycles. The number of nitrogens with zero attached hydrogens (tertiary/aromatic N) is 5. The Morgan fingerprint density at radius 3 is 2.15 bits per heavy atom. The van der Waals surface area contributed by atoms with Gasteiger partial charge >= 0.3 is 0 Å². The largest absolute Gasteiger partial charge is 0.495 e. The Morgan fingerprint density at radius 2 is 1.54 bits per heavy atom. The Bertz CT molecular complexity index is 1730. The summed E-state index contributed by atoms with van der Waals surface area (Å²) in [7, 11) is 5.17. The highest BCUT2D eigenvalue weighted by molar-refractivity contribution is 6.41. The minimum absolute atomic E-state index is 0.261. The van der Waals surface area contributed by atoms with E-state index >= 15 is 0 Å². The molecular formula is C35H38Cl2N8O3. The van der Waals surface area contributed by atoms with Crippen LogP contribution in [0.1, 0.15) is 5.56 Å². The number of methoxy groups -OCH3 is 2. The highest BCUT2D eigenvalue weighted by Crippen LogP contribution is 2.45. The lowest BCUT2D eigenvalue weighted by Crippen LogP contribution is -2.44. The van der Waals surface area contributed by atoms with Crippen LogP contribution in [0.15, 0.2) is 92.0 Å². The maximum absolute atomic E-state index is 11.8. The number of aromatic nitrogens is 2. The molecule has 0 spiro atoms. The van der Waals surface area contributed by atoms with Gasteiger partial charge in [0.25, 0.3) is 0 Å². The molecule has 250 valence electrons. The molecule has 11 nitrogen and oxygen atoms in total. The van der Waals surface area contributed by atoms with Gasteiger partial charge in [0.15, 0.2) is 0 Å². The minimum Gasteiger partial charge on any atom is -0.495 e. The van der Waals surface area contributed by atoms with E-state index in [0.717, 1.165) is 37.4 Å². The summed E-state index contributed by atoms with van der Waals surface area (Å²) in [6, 6.07) is 19.2. The van der Waals surface area contributed by atoms with E-state index in [9.17, 15) is 4.79 Å². The molecule has 3 aromatic carbocycles. The van der Waals surface area contributed by atoms with Crippen molar-refractivity contribution in [2.45, 2.75) is 6.54 Å². The molecule has 2 heterocycles. The average molecular weight is 690 g/mol. The number of nitrogens with one attached hydrogen (secondary N) is 3. The number of likely N-dealkylation sites (N-methyl/N-ethyl adjacent to an activating group) is 1. The van der Waals surface area contributed by atoms with Crippen LogP contribution in [0.5, 0.6) is 11.5 Å². The zero-order chi connectivity index (χ0) is 34.2. The minimum atomic E-state index is -0.292. The number of carbonyl (C=O) groups is 1. The summed E-state index contributed by atoms with van der Waals surface area (Å²) in [6.07, 6.45) is 2.71. The molecule has 1 aliphatic rings. The van der Waals surface area contributed by atoms with Crippen molar-refractivity contribution in [2.75, 3.05) is 73.2 Å². The summed E-state index contributed by atoms with van der Waals surface area (Å²) < 4.78 is 10.9. The summed E-state index contributed by atoms with van der Waals surface area (Å²) in [5.41, 5.74) is 3.98. The van der Waals surface area contributed by atoms with E-state index in [1.807, 2.05) is 47.4 Å². The lowest BCUT2D eigenvalue weighted by atomic mass is 10.2. The van der Waals surface area contributed by atoms with Crippen molar-refractivity contribution in [1.82, 2.24) is 14.9 Å². The van der Waals surface area contributed by atoms with Gasteiger partial charge in [0.1, 0.15) is 45.3 Å². The Balaban J connectivity index is 1.42. The lowest BCUT2D eigenvalue weighted by molar-refractivity contribution is -0.111. The van der Waals surface area contributed by atoms with E-state index in [1.165, 1.54) is 32.3 Å². The molecule has 1 aromatic heterocycles. The fourth-order valence-corrected chi connectivity index (χ4v) is 5.72. The molecule has 5 rings (SSSR count). The third kappa shape index (κ3) is 8.29. The number of halogens is 2. The highest BCUT2D eigenvalue weighted by atomic mass is 35.5. The maximum Gasteiger partial charge on any atom is 0.247 e. The van der Waals surface area contributed by atoms with Crippen LogP contribution >= 0.6 is 23.2 Å². The standard InChI is InChI=1S/C35H38Cl2N8O3/c1-6-32(46)42-26-9-7-24(8-10-26)21-45(23(2)40-35-33(36)28(47-4)19-29(48-5)34(35)37)31-20-30(38-22-39-31)41-25-11-13-27(14-12-25)44-17-15-43(3)16-18-44/h6-14,19-20,22,40H,1-2,15-18,21H2,3-5H3,(H,42,46)(H,38,39,41). The summed E-state index contributed by atoms with van der Waals surface area (Å²) >= 11 is 13.4. The number of ether oxygens (including phenoxy) is 2. The molecule has 0 aliphatic carbocycles. The Morgan fingerprint density at radius 1 is 0.917 bits per heavy atom. The molecule has 3 N–H and O–H groups in total. The fraction of sp³-hybridized carbons (Fsp3) is 0.229. The number of piperazine rings is 1. The SMILES string of the molecule is C=CC(=O)Nc1ccc(CN(C(=C)Nc2c(Cl)c(OC)cc(OC)c2Cl)c2cc(Nc3ccc(N4CCN(C)CC4)cc3)ncn2)cc1. The van der Waals surface area contributed by atoms with Crippen molar-refractivity contribution < 1.29 is 14.3 Å². The Hall–Kier alpha value is -4.97. The number of hydrogen-bond acceptors (Lipinski definition) is 10. The molecule has 1 saturated heterocycles. The van der Waals surface area contributed by atoms with Crippen molar-refractivity contribution in [1.29, 1.82) is 0 Å². The van der Waals surface area contributed by atoms with E-state index in [2.05, 4.69) is 68.1 Å². The first-order valence-electron chi connectivity index (χ1n) is 15.2. The summed E-state index contributed by atoms with van der Waals surface area (Å²) in [5, 5.41) is 9.92. The van der Waals surface area contributed by atoms with Gasteiger partial charge in [0.05, 0.1) is 26.5 Å². The van der Waals surface area contributed by atoms with Gasteiger partial charge in [-0.3, -0.25) is 4.79 Å². The third-order valence-corrected chi connectivity index (χ3v) is 8.60. The molecule has 13 heteroatoms. The fourth-order valence-electron chi connectivity index (χ4n) is 5.12. The number of rotatable bonds is 13. The molecule has 1 aliphatic heterocycles. The Kier molecular flexibility index (Phi) is 11.3. The zero-order valence-corrected chi connectivity index (χ0v) is 28.6. The second kappa shape index (κ2) is 15.7. The molecule has 0 radical (unpaired) electrons. The molecule has 48 heavy (non-hydrogen) atoms. The van der Waals surface area contributed by atoms with E-state index < -0.39 is 0 Å². The normalized spacial score (nSPS) is 13.0. The van der Waals surface area contributed by atoms with Gasteiger partial charge in [-0.1, -0.05) is 48.5 Å². The van der Waals surface area contributed by atoms with Gasteiger partial charge in [0.2, 0.25) is 5.91 Å². The molecule has 0 atom stereocenters. The van der Waals surface area contributed by atoms with Gasteiger partial charge < -0.3 is 40.1 Å². The van der Waals surface area contributed by atoms with Gasteiger partial charge in [-0.15, -0.1) is 0 Å². The highest BCUT2D eigenvalue weighted by Gasteiger charge is 2.21. The van der Waals surface area contributed by atoms with Crippen LogP contribution in [-0.4, -0.2) is 68.2 Å². The van der Waals surface area contributed by atoms with Crippen LogP contribution < -0.4 is 35.2 Å². The molecule has 1 amide bonds. The van der Waals surface area contributed by atoms with Crippen LogP contribution in [-0.2, 0) is 11.3 Å². The van der Waals surface area contributed by atoms with Crippen LogP contribution in [0, 0.1) is 0 Å². The second-order valence-electron chi connectivity index (χ2n) is 11.1. The molecular weight excluding hydrogens is 651 g/mol. The number of amides is 1. The maximum atomic E-state index is 11.8. The van der Waals surface area contributed by atoms with Gasteiger partial charge in [0, 0.05) is 55.4 Å². The predicted octanol–water partition coefficient (Wildman–Crippen LogP) is 7.01. The first-order valence-corrected chi connectivity index (χ1v) is 15.9. The van der Waals surface area contributed by atoms with Gasteiger partial charge in [-0.2, -0.15) is 0 Å². The van der Waals surface area contributed by atoms with Gasteiger partial charge in [-0.05, 0) is 55.1 Å². The first kappa shape index (κ1) is 34.4. The molecule has 1 fully saturated rings. The van der Waals surface area contributed by atoms with Crippen molar-refractivity contribution in [3.63, 3.8) is 0 Å². The van der Waals surface area contributed by atoms with Crippen LogP contribution in [0.2, 0.25) is 10.0 Å². The topological polar surface area (TPSA) is 107 Å². The molecule has 4 aromatic rings. The van der Waals surface area contributed by atoms with Crippen molar-refractivity contribution in [3.05, 3.63) is 108 Å². The van der Waals surface area contributed by atoms with Gasteiger partial charge in [-0.25, -0.2) is 9.97 Å². The monoisotopic (exact) mass is 688 g/mol. The third-order valence-electron chi connectivity index (χ3n) is 7.85. The number of anilines is 6. The zero-order valence-electron chi connectivity index (χ0n) is 27.1. The number of hydrogen-bond donors (Lipinski definition) is 3. The Labute approximate surface area is 290 Å². The van der Waals surface area contributed by atoms with E-state index in [1.54, 1.807) is 6.07 Å². The number of benzene rings is 3. The quantitative estimate of drug-likeness (QED) is 0.127. The van der Waals surface area contributed by atoms with E-state index in [0.29, 0.717) is 46.9 Å². The van der Waals surface area contributed by atoms with Crippen LogP contribution in [0.3, 0.4) is 0 Å². The van der Waals surface area contributed by atoms with Crippen LogP contribution in [0.4, 0.5) is 34.4 Å².